The Morgan fingerprint density at radius 3 is 3.12 bits per heavy atom. The number of aromatic nitrogens is 1. The molecule has 2 nitrogen and oxygen atoms in total. The van der Waals surface area contributed by atoms with E-state index in [-0.39, 0.29) is 0 Å². The van der Waals surface area contributed by atoms with Gasteiger partial charge in [-0.05, 0) is 39.0 Å². The minimum absolute atomic E-state index is 0.548. The Labute approximate surface area is 106 Å². The van der Waals surface area contributed by atoms with Gasteiger partial charge in [0.1, 0.15) is 5.01 Å². The number of nitrogens with one attached hydrogen (secondary N) is 1. The number of thiazole rings is 1. The predicted molar refractivity (Wildman–Crippen MR) is 73.4 cm³/mol. The molecule has 1 aromatic heterocycles. The zero-order valence-electron chi connectivity index (χ0n) is 10.0. The van der Waals surface area contributed by atoms with Crippen molar-refractivity contribution in [3.63, 3.8) is 0 Å². The number of thioether (sulfide) groups is 1. The molecule has 2 atom stereocenters. The van der Waals surface area contributed by atoms with Gasteiger partial charge >= 0.3 is 0 Å². The van der Waals surface area contributed by atoms with Crippen LogP contribution in [0.1, 0.15) is 41.3 Å². The Hall–Kier alpha value is -0.0600. The third kappa shape index (κ3) is 3.22. The number of hydrogen-bond donors (Lipinski definition) is 1. The highest BCUT2D eigenvalue weighted by Gasteiger charge is 2.19. The standard InChI is InChI=1S/C12H20N2S2/c1-9(13-2)7-10-8-14-12(16-10)11-5-3-4-6-15-11/h8-9,11,13H,3-7H2,1-2H3. The number of rotatable bonds is 4. The number of likely N-dealkylation sites (N-methyl/N-ethyl adjacent to an activating group) is 1. The summed E-state index contributed by atoms with van der Waals surface area (Å²) in [6, 6.07) is 0.548. The molecule has 4 heteroatoms. The highest BCUT2D eigenvalue weighted by molar-refractivity contribution is 7.99. The maximum atomic E-state index is 4.60. The Balaban J connectivity index is 1.95. The van der Waals surface area contributed by atoms with Crippen LogP contribution in [0.5, 0.6) is 0 Å². The largest absolute Gasteiger partial charge is 0.317 e. The summed E-state index contributed by atoms with van der Waals surface area (Å²) in [4.78, 5) is 6.02. The quantitative estimate of drug-likeness (QED) is 0.895. The summed E-state index contributed by atoms with van der Waals surface area (Å²) in [6.07, 6.45) is 7.25. The summed E-state index contributed by atoms with van der Waals surface area (Å²) >= 11 is 4.00. The lowest BCUT2D eigenvalue weighted by Crippen LogP contribution is -2.22. The van der Waals surface area contributed by atoms with Gasteiger partial charge in [-0.1, -0.05) is 6.42 Å². The summed E-state index contributed by atoms with van der Waals surface area (Å²) in [7, 11) is 2.02. The van der Waals surface area contributed by atoms with E-state index in [4.69, 9.17) is 0 Å². The van der Waals surface area contributed by atoms with E-state index < -0.39 is 0 Å². The molecule has 0 radical (unpaired) electrons. The van der Waals surface area contributed by atoms with Crippen LogP contribution in [0.25, 0.3) is 0 Å². The third-order valence-corrected chi connectivity index (χ3v) is 5.69. The fourth-order valence-corrected chi connectivity index (χ4v) is 4.51. The molecule has 1 aromatic rings. The molecule has 0 aliphatic carbocycles. The van der Waals surface area contributed by atoms with E-state index in [0.717, 1.165) is 6.42 Å². The summed E-state index contributed by atoms with van der Waals surface area (Å²) in [6.45, 7) is 2.22. The second kappa shape index (κ2) is 6.03. The molecule has 0 spiro atoms. The highest BCUT2D eigenvalue weighted by Crippen LogP contribution is 2.39. The Morgan fingerprint density at radius 1 is 1.56 bits per heavy atom. The fourth-order valence-electron chi connectivity index (χ4n) is 1.91. The van der Waals surface area contributed by atoms with Crippen LogP contribution < -0.4 is 5.32 Å². The minimum Gasteiger partial charge on any atom is -0.317 e. The summed E-state index contributed by atoms with van der Waals surface area (Å²) in [5, 5.41) is 5.30. The molecule has 2 rings (SSSR count). The molecule has 2 unspecified atom stereocenters. The average Bonchev–Trinajstić information content (AvgIpc) is 2.78. The number of nitrogens with zero attached hydrogens (tertiary/aromatic N) is 1. The maximum absolute atomic E-state index is 4.60. The maximum Gasteiger partial charge on any atom is 0.106 e. The lowest BCUT2D eigenvalue weighted by molar-refractivity contribution is 0.612. The van der Waals surface area contributed by atoms with Crippen molar-refractivity contribution in [2.45, 2.75) is 43.9 Å². The second-order valence-corrected chi connectivity index (χ2v) is 6.87. The molecule has 1 aliphatic rings. The Morgan fingerprint density at radius 2 is 2.44 bits per heavy atom. The van der Waals surface area contributed by atoms with Crippen molar-refractivity contribution < 1.29 is 0 Å². The number of hydrogen-bond acceptors (Lipinski definition) is 4. The van der Waals surface area contributed by atoms with E-state index in [9.17, 15) is 0 Å². The van der Waals surface area contributed by atoms with Crippen molar-refractivity contribution in [3.8, 4) is 0 Å². The van der Waals surface area contributed by atoms with Gasteiger partial charge in [-0.15, -0.1) is 11.3 Å². The molecule has 1 aliphatic heterocycles. The molecule has 1 N–H and O–H groups in total. The van der Waals surface area contributed by atoms with Crippen LogP contribution in [0, 0.1) is 0 Å². The van der Waals surface area contributed by atoms with Crippen molar-refractivity contribution in [2.75, 3.05) is 12.8 Å². The molecule has 1 fully saturated rings. The Kier molecular flexibility index (Phi) is 4.67. The summed E-state index contributed by atoms with van der Waals surface area (Å²) in [5.41, 5.74) is 0. The van der Waals surface area contributed by atoms with Crippen LogP contribution in [-0.4, -0.2) is 23.8 Å². The van der Waals surface area contributed by atoms with E-state index in [1.165, 1.54) is 34.9 Å². The molecule has 2 heterocycles. The molecule has 0 bridgehead atoms. The summed E-state index contributed by atoms with van der Waals surface area (Å²) < 4.78 is 0. The van der Waals surface area contributed by atoms with Gasteiger partial charge < -0.3 is 5.32 Å². The van der Waals surface area contributed by atoms with Crippen LogP contribution in [0.4, 0.5) is 0 Å². The normalized spacial score (nSPS) is 23.2. The second-order valence-electron chi connectivity index (χ2n) is 4.41. The van der Waals surface area contributed by atoms with E-state index in [2.05, 4.69) is 35.2 Å². The monoisotopic (exact) mass is 256 g/mol. The first kappa shape index (κ1) is 12.4. The first-order chi connectivity index (χ1) is 7.79. The zero-order chi connectivity index (χ0) is 11.4. The van der Waals surface area contributed by atoms with Gasteiger partial charge in [-0.25, -0.2) is 4.98 Å². The molecule has 90 valence electrons. The molecule has 0 saturated carbocycles. The van der Waals surface area contributed by atoms with Crippen molar-refractivity contribution in [2.24, 2.45) is 0 Å². The Bertz CT molecular complexity index is 319. The zero-order valence-corrected chi connectivity index (χ0v) is 11.7. The molecular weight excluding hydrogens is 236 g/mol. The van der Waals surface area contributed by atoms with Crippen LogP contribution in [0.2, 0.25) is 0 Å². The van der Waals surface area contributed by atoms with Crippen molar-refractivity contribution in [3.05, 3.63) is 16.1 Å². The summed E-state index contributed by atoms with van der Waals surface area (Å²) in [5.74, 6) is 1.31. The van der Waals surface area contributed by atoms with E-state index in [1.54, 1.807) is 0 Å². The highest BCUT2D eigenvalue weighted by atomic mass is 32.2. The van der Waals surface area contributed by atoms with Gasteiger partial charge in [0.25, 0.3) is 0 Å². The van der Waals surface area contributed by atoms with Crippen LogP contribution in [0.3, 0.4) is 0 Å². The van der Waals surface area contributed by atoms with Crippen molar-refractivity contribution in [1.29, 1.82) is 0 Å². The average molecular weight is 256 g/mol. The molecule has 0 amide bonds. The molecular formula is C12H20N2S2. The SMILES string of the molecule is CNC(C)Cc1cnc(C2CCCCS2)s1. The lowest BCUT2D eigenvalue weighted by Gasteiger charge is -2.18. The lowest BCUT2D eigenvalue weighted by atomic mass is 10.2. The van der Waals surface area contributed by atoms with Gasteiger partial charge in [0.05, 0.1) is 5.25 Å². The predicted octanol–water partition coefficient (Wildman–Crippen LogP) is 3.25. The topological polar surface area (TPSA) is 24.9 Å². The van der Waals surface area contributed by atoms with Gasteiger partial charge in [0, 0.05) is 17.1 Å². The minimum atomic E-state index is 0.548. The van der Waals surface area contributed by atoms with Gasteiger partial charge in [-0.2, -0.15) is 11.8 Å². The van der Waals surface area contributed by atoms with Crippen LogP contribution >= 0.6 is 23.1 Å². The van der Waals surface area contributed by atoms with E-state index >= 15 is 0 Å². The van der Waals surface area contributed by atoms with Crippen LogP contribution in [-0.2, 0) is 6.42 Å². The fraction of sp³-hybridized carbons (Fsp3) is 0.750. The molecule has 16 heavy (non-hydrogen) atoms. The van der Waals surface area contributed by atoms with E-state index in [1.807, 2.05) is 18.4 Å². The molecule has 1 saturated heterocycles. The third-order valence-electron chi connectivity index (χ3n) is 3.03. The van der Waals surface area contributed by atoms with Crippen LogP contribution in [0.15, 0.2) is 6.20 Å². The van der Waals surface area contributed by atoms with Crippen molar-refractivity contribution >= 4 is 23.1 Å². The van der Waals surface area contributed by atoms with E-state index in [0.29, 0.717) is 11.3 Å². The first-order valence-corrected chi connectivity index (χ1v) is 7.89. The van der Waals surface area contributed by atoms with Gasteiger partial charge in [0.15, 0.2) is 0 Å². The van der Waals surface area contributed by atoms with Crippen molar-refractivity contribution in [1.82, 2.24) is 10.3 Å². The molecule has 0 aromatic carbocycles. The smallest absolute Gasteiger partial charge is 0.106 e. The van der Waals surface area contributed by atoms with Gasteiger partial charge in [-0.3, -0.25) is 0 Å². The van der Waals surface area contributed by atoms with Gasteiger partial charge in [0.2, 0.25) is 0 Å². The first-order valence-electron chi connectivity index (χ1n) is 6.03.